The molecule has 0 amide bonds. The lowest BCUT2D eigenvalue weighted by atomic mass is 10.1. The number of halogens is 1. The summed E-state index contributed by atoms with van der Waals surface area (Å²) in [7, 11) is -3.57. The van der Waals surface area contributed by atoms with Gasteiger partial charge < -0.3 is 4.70 Å². The Hall–Kier alpha value is -2.40. The number of hydrogen-bond acceptors (Lipinski definition) is 2. The van der Waals surface area contributed by atoms with E-state index < -0.39 is 10.0 Å². The molecule has 3 aromatic rings. The molecule has 3 aromatic carbocycles. The fourth-order valence-electron chi connectivity index (χ4n) is 2.24. The first-order valence-corrected chi connectivity index (χ1v) is 8.12. The highest BCUT2D eigenvalue weighted by atomic mass is 32.2. The number of benzene rings is 3. The minimum Gasteiger partial charge on any atom is -1.00 e. The molecule has 5 heteroatoms. The van der Waals surface area contributed by atoms with Crippen molar-refractivity contribution in [1.82, 2.24) is 0 Å². The number of sulfonamides is 1. The average molecular weight is 316 g/mol. The Morgan fingerprint density at radius 3 is 2.18 bits per heavy atom. The standard InChI is InChI=1S/C17H15NO2S.FH/c1-13-9-11-15(12-10-13)21(19,20)18-17-8-4-6-14-5-2-3-7-16(14)17;/h2-12,18H,1H3;1H/p-1. The van der Waals surface area contributed by atoms with E-state index in [0.717, 1.165) is 16.3 Å². The van der Waals surface area contributed by atoms with Crippen molar-refractivity contribution >= 4 is 26.5 Å². The van der Waals surface area contributed by atoms with Gasteiger partial charge in [-0.1, -0.05) is 54.1 Å². The molecule has 0 unspecified atom stereocenters. The predicted octanol–water partition coefficient (Wildman–Crippen LogP) is 0.953. The van der Waals surface area contributed by atoms with Crippen LogP contribution in [0.25, 0.3) is 10.8 Å². The molecule has 0 atom stereocenters. The van der Waals surface area contributed by atoms with Gasteiger partial charge in [0, 0.05) is 5.39 Å². The van der Waals surface area contributed by atoms with Gasteiger partial charge in [0.1, 0.15) is 0 Å². The SMILES string of the molecule is Cc1ccc(S(=O)(=O)Nc2cccc3ccccc23)cc1.[F-]. The van der Waals surface area contributed by atoms with Gasteiger partial charge in [0.05, 0.1) is 10.6 Å². The molecule has 0 aromatic heterocycles. The third kappa shape index (κ3) is 3.09. The van der Waals surface area contributed by atoms with Crippen LogP contribution >= 0.6 is 0 Å². The van der Waals surface area contributed by atoms with Gasteiger partial charge in [-0.2, -0.15) is 0 Å². The minimum atomic E-state index is -3.57. The van der Waals surface area contributed by atoms with Gasteiger partial charge in [0.15, 0.2) is 0 Å². The summed E-state index contributed by atoms with van der Waals surface area (Å²) in [5.74, 6) is 0. The van der Waals surface area contributed by atoms with Crippen LogP contribution in [0.15, 0.2) is 71.6 Å². The van der Waals surface area contributed by atoms with E-state index in [4.69, 9.17) is 0 Å². The van der Waals surface area contributed by atoms with Crippen LogP contribution in [-0.4, -0.2) is 8.42 Å². The summed E-state index contributed by atoms with van der Waals surface area (Å²) in [4.78, 5) is 0.265. The third-order valence-electron chi connectivity index (χ3n) is 3.37. The van der Waals surface area contributed by atoms with Gasteiger partial charge in [-0.05, 0) is 30.5 Å². The molecule has 0 bridgehead atoms. The van der Waals surface area contributed by atoms with E-state index in [1.165, 1.54) is 0 Å². The Bertz CT molecular complexity index is 885. The van der Waals surface area contributed by atoms with Crippen molar-refractivity contribution in [2.24, 2.45) is 0 Å². The van der Waals surface area contributed by atoms with Crippen LogP contribution < -0.4 is 9.43 Å². The molecule has 114 valence electrons. The Morgan fingerprint density at radius 2 is 1.45 bits per heavy atom. The van der Waals surface area contributed by atoms with Crippen LogP contribution in [0.3, 0.4) is 0 Å². The van der Waals surface area contributed by atoms with Gasteiger partial charge in [-0.15, -0.1) is 0 Å². The van der Waals surface area contributed by atoms with Gasteiger partial charge in [-0.3, -0.25) is 4.72 Å². The predicted molar refractivity (Wildman–Crippen MR) is 85.9 cm³/mol. The Labute approximate surface area is 129 Å². The second-order valence-corrected chi connectivity index (χ2v) is 6.63. The summed E-state index contributed by atoms with van der Waals surface area (Å²) < 4.78 is 27.6. The Kier molecular flexibility index (Phi) is 4.47. The van der Waals surface area contributed by atoms with Gasteiger partial charge in [0.25, 0.3) is 10.0 Å². The Balaban J connectivity index is 0.00000176. The molecular weight excluding hydrogens is 301 g/mol. The first-order valence-electron chi connectivity index (χ1n) is 6.63. The molecule has 0 radical (unpaired) electrons. The fourth-order valence-corrected chi connectivity index (χ4v) is 3.32. The third-order valence-corrected chi connectivity index (χ3v) is 4.75. The maximum Gasteiger partial charge on any atom is 0.261 e. The topological polar surface area (TPSA) is 46.2 Å². The average Bonchev–Trinajstić information content (AvgIpc) is 2.48. The molecule has 0 heterocycles. The summed E-state index contributed by atoms with van der Waals surface area (Å²) >= 11 is 0. The highest BCUT2D eigenvalue weighted by molar-refractivity contribution is 7.92. The van der Waals surface area contributed by atoms with E-state index in [9.17, 15) is 8.42 Å². The van der Waals surface area contributed by atoms with E-state index in [1.54, 1.807) is 30.3 Å². The first kappa shape index (κ1) is 16.0. The number of aryl methyl sites for hydroxylation is 1. The molecule has 3 rings (SSSR count). The zero-order chi connectivity index (χ0) is 14.9. The van der Waals surface area contributed by atoms with Crippen LogP contribution in [-0.2, 0) is 10.0 Å². The first-order chi connectivity index (χ1) is 10.1. The lowest BCUT2D eigenvalue weighted by Gasteiger charge is -2.11. The number of anilines is 1. The van der Waals surface area contributed by atoms with Crippen LogP contribution in [0.5, 0.6) is 0 Å². The molecule has 1 N–H and O–H groups in total. The summed E-state index contributed by atoms with van der Waals surface area (Å²) in [6.45, 7) is 1.93. The van der Waals surface area contributed by atoms with E-state index in [2.05, 4.69) is 4.72 Å². The molecule has 0 saturated carbocycles. The second kappa shape index (κ2) is 6.15. The van der Waals surface area contributed by atoms with E-state index in [1.807, 2.05) is 43.3 Å². The van der Waals surface area contributed by atoms with E-state index in [0.29, 0.717) is 5.69 Å². The number of nitrogens with one attached hydrogen (secondary N) is 1. The minimum absolute atomic E-state index is 0. The Morgan fingerprint density at radius 1 is 0.818 bits per heavy atom. The van der Waals surface area contributed by atoms with Crippen LogP contribution in [0.4, 0.5) is 5.69 Å². The van der Waals surface area contributed by atoms with Gasteiger partial charge in [-0.25, -0.2) is 8.42 Å². The van der Waals surface area contributed by atoms with Gasteiger partial charge in [0.2, 0.25) is 0 Å². The van der Waals surface area contributed by atoms with E-state index >= 15 is 0 Å². The molecular formula is C17H15FNO2S-. The zero-order valence-corrected chi connectivity index (χ0v) is 12.8. The number of rotatable bonds is 3. The highest BCUT2D eigenvalue weighted by Crippen LogP contribution is 2.25. The van der Waals surface area contributed by atoms with Crippen molar-refractivity contribution in [3.05, 3.63) is 72.3 Å². The molecule has 0 spiro atoms. The van der Waals surface area contributed by atoms with Crippen molar-refractivity contribution in [2.75, 3.05) is 4.72 Å². The van der Waals surface area contributed by atoms with Crippen molar-refractivity contribution in [2.45, 2.75) is 11.8 Å². The van der Waals surface area contributed by atoms with Crippen molar-refractivity contribution in [3.8, 4) is 0 Å². The van der Waals surface area contributed by atoms with Crippen molar-refractivity contribution in [3.63, 3.8) is 0 Å². The molecule has 0 fully saturated rings. The molecule has 0 aliphatic heterocycles. The van der Waals surface area contributed by atoms with Crippen LogP contribution in [0.1, 0.15) is 5.56 Å². The smallest absolute Gasteiger partial charge is 0.261 e. The number of fused-ring (bicyclic) bond motifs is 1. The van der Waals surface area contributed by atoms with Crippen LogP contribution in [0.2, 0.25) is 0 Å². The highest BCUT2D eigenvalue weighted by Gasteiger charge is 2.14. The van der Waals surface area contributed by atoms with Gasteiger partial charge >= 0.3 is 0 Å². The number of hydrogen-bond donors (Lipinski definition) is 1. The zero-order valence-electron chi connectivity index (χ0n) is 12.0. The van der Waals surface area contributed by atoms with Crippen molar-refractivity contribution in [1.29, 1.82) is 0 Å². The maximum atomic E-state index is 12.4. The normalized spacial score (nSPS) is 11.0. The summed E-state index contributed by atoms with van der Waals surface area (Å²) in [6, 6.07) is 20.1. The molecule has 22 heavy (non-hydrogen) atoms. The molecule has 0 aliphatic rings. The lowest BCUT2D eigenvalue weighted by Crippen LogP contribution is -3.00. The second-order valence-electron chi connectivity index (χ2n) is 4.95. The fraction of sp³-hybridized carbons (Fsp3) is 0.0588. The summed E-state index contributed by atoms with van der Waals surface area (Å²) in [5, 5.41) is 1.89. The van der Waals surface area contributed by atoms with Crippen molar-refractivity contribution < 1.29 is 13.1 Å². The molecule has 0 saturated heterocycles. The lowest BCUT2D eigenvalue weighted by molar-refractivity contribution is -0.00000658. The monoisotopic (exact) mass is 316 g/mol. The summed E-state index contributed by atoms with van der Waals surface area (Å²) in [5.41, 5.74) is 1.62. The maximum absolute atomic E-state index is 12.4. The van der Waals surface area contributed by atoms with E-state index in [-0.39, 0.29) is 9.60 Å². The molecule has 0 aliphatic carbocycles. The molecule has 3 nitrogen and oxygen atoms in total. The van der Waals surface area contributed by atoms with Crippen LogP contribution in [0, 0.1) is 6.92 Å². The summed E-state index contributed by atoms with van der Waals surface area (Å²) in [6.07, 6.45) is 0. The largest absolute Gasteiger partial charge is 1.00 e. The quantitative estimate of drug-likeness (QED) is 0.782.